The minimum atomic E-state index is -4.38. The predicted molar refractivity (Wildman–Crippen MR) is 535 cm³/mol. The van der Waals surface area contributed by atoms with Gasteiger partial charge >= 0.3 is 6.18 Å². The van der Waals surface area contributed by atoms with Gasteiger partial charge in [-0.2, -0.15) is 39.5 Å². The Morgan fingerprint density at radius 2 is 0.628 bits per heavy atom. The van der Waals surface area contributed by atoms with Crippen LogP contribution in [0, 0.1) is 116 Å². The molecule has 11 aromatic carbocycles. The van der Waals surface area contributed by atoms with Crippen molar-refractivity contribution in [1.29, 1.82) is 26.3 Å². The number of hydrogen-bond acceptors (Lipinski definition) is 14. The van der Waals surface area contributed by atoms with E-state index >= 15 is 0 Å². The number of rotatable bonds is 16. The van der Waals surface area contributed by atoms with Crippen LogP contribution in [0.3, 0.4) is 0 Å². The minimum Gasteiger partial charge on any atom is -0.497 e. The largest absolute Gasteiger partial charge is 0.497 e. The number of anilines is 2. The van der Waals surface area contributed by atoms with E-state index in [1.807, 2.05) is 173 Å². The number of methoxy groups -OCH3 is 5. The van der Waals surface area contributed by atoms with Crippen LogP contribution in [0.4, 0.5) is 24.5 Å². The van der Waals surface area contributed by atoms with Crippen LogP contribution in [0.15, 0.2) is 231 Å². The molecule has 21 nitrogen and oxygen atoms in total. The van der Waals surface area contributed by atoms with Crippen molar-refractivity contribution in [2.75, 3.05) is 50.7 Å². The Morgan fingerprint density at radius 1 is 0.343 bits per heavy atom. The molecule has 2 N–H and O–H groups in total. The minimum absolute atomic E-state index is 0.0118. The van der Waals surface area contributed by atoms with Crippen LogP contribution < -0.4 is 33.1 Å². The predicted octanol–water partition coefficient (Wildman–Crippen LogP) is 22.4. The molecule has 0 aliphatic carbocycles. The van der Waals surface area contributed by atoms with Crippen LogP contribution in [0.25, 0.3) is 65.3 Å². The van der Waals surface area contributed by atoms with Crippen molar-refractivity contribution < 1.29 is 53.7 Å². The molecule has 0 radical (unpaired) electrons. The third-order valence-corrected chi connectivity index (χ3v) is 25.7. The summed E-state index contributed by atoms with van der Waals surface area (Å²) < 4.78 is 127. The zero-order chi connectivity index (χ0) is 98.4. The lowest BCUT2D eigenvalue weighted by Gasteiger charge is -2.10. The molecule has 16 rings (SSSR count). The van der Waals surface area contributed by atoms with E-state index in [4.69, 9.17) is 35.3 Å². The van der Waals surface area contributed by atoms with Crippen LogP contribution in [0.5, 0.6) is 28.7 Å². The topological polar surface area (TPSA) is 282 Å². The van der Waals surface area contributed by atoms with Gasteiger partial charge in [0.15, 0.2) is 0 Å². The second-order valence-corrected chi connectivity index (χ2v) is 35.2. The Hall–Kier alpha value is -16.8. The van der Waals surface area contributed by atoms with Crippen molar-refractivity contribution in [1.82, 2.24) is 22.8 Å². The zero-order valence-electron chi connectivity index (χ0n) is 77.2. The van der Waals surface area contributed by atoms with E-state index in [0.717, 1.165) is 135 Å². The number of nitrogens with zero attached hydrogens (tertiary/aromatic N) is 10. The average molecular weight is 1880 g/mol. The maximum atomic E-state index is 12.7. The Morgan fingerprint density at radius 3 is 0.927 bits per heavy atom. The van der Waals surface area contributed by atoms with Gasteiger partial charge in [0.05, 0.1) is 113 Å². The van der Waals surface area contributed by atoms with Crippen molar-refractivity contribution in [2.45, 2.75) is 99.5 Å². The number of ether oxygens (including phenoxy) is 5. The highest BCUT2D eigenvalue weighted by Gasteiger charge is 2.30. The van der Waals surface area contributed by atoms with Crippen molar-refractivity contribution in [3.05, 3.63) is 325 Å². The normalized spacial score (nSPS) is 10.7. The van der Waals surface area contributed by atoms with Gasteiger partial charge in [0.2, 0.25) is 20.0 Å². The van der Waals surface area contributed by atoms with Gasteiger partial charge in [-0.3, -0.25) is 9.44 Å². The molecule has 5 aromatic heterocycles. The molecule has 0 saturated heterocycles. The van der Waals surface area contributed by atoms with Gasteiger partial charge in [0, 0.05) is 129 Å². The van der Waals surface area contributed by atoms with E-state index in [9.17, 15) is 56.3 Å². The number of benzene rings is 11. The highest BCUT2D eigenvalue weighted by molar-refractivity contribution is 7.93. The second kappa shape index (κ2) is 44.6. The van der Waals surface area contributed by atoms with Crippen molar-refractivity contribution >= 4 is 108 Å². The highest BCUT2D eigenvalue weighted by atomic mass is 35.5. The molecule has 0 atom stereocenters. The molecule has 137 heavy (non-hydrogen) atoms. The number of nitriles is 5. The van der Waals surface area contributed by atoms with Gasteiger partial charge in [-0.1, -0.05) is 89.7 Å². The van der Waals surface area contributed by atoms with Crippen LogP contribution in [0.1, 0.15) is 145 Å². The third-order valence-electron chi connectivity index (χ3n) is 22.3. The first-order valence-electron chi connectivity index (χ1n) is 43.3. The van der Waals surface area contributed by atoms with E-state index in [1.165, 1.54) is 12.1 Å². The maximum Gasteiger partial charge on any atom is 0.416 e. The lowest BCUT2D eigenvalue weighted by molar-refractivity contribution is -0.137. The number of fused-ring (bicyclic) bond motifs is 6. The van der Waals surface area contributed by atoms with Crippen LogP contribution in [-0.2, 0) is 58.9 Å². The van der Waals surface area contributed by atoms with Gasteiger partial charge in [-0.05, 0) is 247 Å². The fraction of sp³-hybridized carbons (Fsp3) is 0.191. The lowest BCUT2D eigenvalue weighted by Crippen LogP contribution is -2.22. The molecule has 0 spiro atoms. The summed E-state index contributed by atoms with van der Waals surface area (Å²) in [6.45, 7) is 18.2. The summed E-state index contributed by atoms with van der Waals surface area (Å²) in [6, 6.07) is 79.5. The van der Waals surface area contributed by atoms with Crippen molar-refractivity contribution in [3.8, 4) is 118 Å². The Kier molecular flexibility index (Phi) is 32.3. The molecule has 0 aliphatic rings. The van der Waals surface area contributed by atoms with Gasteiger partial charge in [0.25, 0.3) is 0 Å². The fourth-order valence-electron chi connectivity index (χ4n) is 15.2. The third kappa shape index (κ3) is 22.4. The smallest absolute Gasteiger partial charge is 0.416 e. The summed E-state index contributed by atoms with van der Waals surface area (Å²) in [5.41, 5.74) is 14.3. The number of aromatic nitrogens is 5. The molecule has 27 heteroatoms. The summed E-state index contributed by atoms with van der Waals surface area (Å²) in [4.78, 5) is 0. The number of halogens is 4. The van der Waals surface area contributed by atoms with Crippen molar-refractivity contribution in [3.63, 3.8) is 0 Å². The zero-order valence-corrected chi connectivity index (χ0v) is 79.6. The van der Waals surface area contributed by atoms with Crippen LogP contribution >= 0.6 is 11.6 Å². The maximum absolute atomic E-state index is 12.7. The Bertz CT molecular complexity index is 8130. The summed E-state index contributed by atoms with van der Waals surface area (Å²) >= 11 is 6.17. The molecule has 0 aliphatic heterocycles. The SMILES string of the molecule is CCn1c(C#Cc2ccc(C(F)(F)F)cc2)c(C#N)c2ccc(OC)cc21.CCn1c(C#Cc2ccc(NS(=O)(=O)C(C)C)cc2)c(C#N)c2ccc(OC)cc21.CCn1c(C#Cc2ccc(NS(=O)(=O)CC)cc2)c(C#N)c2ccc(OC)cc21.CCn1c(C#Cc2cccc3ccccc23)c(C#N)c2ccc(OC)cc21.CCn1c(C#Cc2ccccc2Cl)c(C#N)c2ccc(OC)cc21. The number of hydrogen-bond donors (Lipinski definition) is 2. The second-order valence-electron chi connectivity index (χ2n) is 30.5. The summed E-state index contributed by atoms with van der Waals surface area (Å²) in [5, 5.41) is 54.9. The first kappa shape index (κ1) is 99.2. The summed E-state index contributed by atoms with van der Waals surface area (Å²) in [7, 11) is 1.35. The fourth-order valence-corrected chi connectivity index (χ4v) is 16.7. The molecule has 0 saturated carbocycles. The quantitative estimate of drug-likeness (QED) is 0.0851. The monoisotopic (exact) mass is 1880 g/mol. The van der Waals surface area contributed by atoms with E-state index in [2.05, 4.69) is 129 Å². The molecule has 686 valence electrons. The Balaban J connectivity index is 0.000000154. The summed E-state index contributed by atoms with van der Waals surface area (Å²) in [6.07, 6.45) is -4.38. The first-order chi connectivity index (χ1) is 66.1. The molecule has 0 fully saturated rings. The molecular weight excluding hydrogens is 1790 g/mol. The Labute approximate surface area is 799 Å². The van der Waals surface area contributed by atoms with Crippen molar-refractivity contribution in [2.24, 2.45) is 0 Å². The number of nitrogens with one attached hydrogen (secondary N) is 2. The van der Waals surface area contributed by atoms with Gasteiger partial charge in [0.1, 0.15) is 87.6 Å². The first-order valence-corrected chi connectivity index (χ1v) is 46.9. The van der Waals surface area contributed by atoms with Crippen LogP contribution in [-0.4, -0.2) is 86.2 Å². The van der Waals surface area contributed by atoms with Gasteiger partial charge in [-0.25, -0.2) is 16.8 Å². The number of aryl methyl sites for hydroxylation is 5. The van der Waals surface area contributed by atoms with E-state index < -0.39 is 37.0 Å². The van der Waals surface area contributed by atoms with Crippen LogP contribution in [0.2, 0.25) is 5.02 Å². The molecule has 0 amide bonds. The molecule has 5 heterocycles. The summed E-state index contributed by atoms with van der Waals surface area (Å²) in [5.74, 6) is 34.6. The van der Waals surface area contributed by atoms with E-state index in [1.54, 1.807) is 117 Å². The van der Waals surface area contributed by atoms with E-state index in [0.29, 0.717) is 104 Å². The standard InChI is InChI=1S/C24H18N2O.C23H23N3O3S.C22H21N3O3S.C21H15F3N2O.C20H15ClN2O/c1-3-26-23(22(16-25)21-13-12-19(27-2)15-24(21)26)14-11-18-9-6-8-17-7-4-5-10-20(17)18;1-5-26-22(21(15-24)20-12-11-19(29-4)14-23(20)26)13-8-17-6-9-18(10-7-17)25-30(27,28)16(2)3;1-4-25-21(20(15-23)19-12-11-18(28-3)14-22(19)25)13-8-16-6-9-17(10-7-16)24-29(26,27)5-2;1-3-26-19(11-6-14-4-7-15(8-5-14)21(22,23)24)18(13-25)17-10-9-16(27-2)12-20(17)26;1-3-23-19(11-8-14-6-4-5-7-18(14)21)17(13-22)16-10-9-15(24-2)12-20(16)23/h4-10,12-13,15H,3H2,1-2H3;6-7,9-12,14,16,25H,5H2,1-4H3;6-7,9-12,14,24H,4-5H2,1-3H3;4-5,7-10,12H,3H2,1-2H3;4-7,9-10,12H,3H2,1-2H3. The van der Waals surface area contributed by atoms with Gasteiger partial charge in [-0.15, -0.1) is 0 Å². The van der Waals surface area contributed by atoms with E-state index in [-0.39, 0.29) is 5.75 Å². The lowest BCUT2D eigenvalue weighted by atomic mass is 10.0. The molecule has 16 aromatic rings. The number of sulfonamides is 2. The molecule has 0 unspecified atom stereocenters. The average Bonchev–Trinajstić information content (AvgIpc) is 1.64. The number of alkyl halides is 3. The molecule has 0 bridgehead atoms. The highest BCUT2D eigenvalue weighted by Crippen LogP contribution is 2.37. The molecular formula is C110H92ClF3N12O9S2. The van der Waals surface area contributed by atoms with Gasteiger partial charge < -0.3 is 46.5 Å².